The van der Waals surface area contributed by atoms with Gasteiger partial charge in [0.15, 0.2) is 6.10 Å². The van der Waals surface area contributed by atoms with Gasteiger partial charge in [0.2, 0.25) is 0 Å². The first-order chi connectivity index (χ1) is 37.5. The molecule has 0 aliphatic heterocycles. The number of hydrogen-bond donors (Lipinski definition) is 0. The molecule has 0 aliphatic carbocycles. The third kappa shape index (κ3) is 61.4. The van der Waals surface area contributed by atoms with Crippen molar-refractivity contribution in [1.29, 1.82) is 0 Å². The van der Waals surface area contributed by atoms with Gasteiger partial charge in [-0.25, -0.2) is 0 Å². The molecule has 0 heterocycles. The summed E-state index contributed by atoms with van der Waals surface area (Å²) in [5.41, 5.74) is 0. The fraction of sp³-hybridized carbons (Fsp3) is 0.757. The molecule has 0 N–H and O–H groups in total. The van der Waals surface area contributed by atoms with Crippen LogP contribution in [0.25, 0.3) is 0 Å². The molecule has 0 radical (unpaired) electrons. The maximum Gasteiger partial charge on any atom is 0.306 e. The van der Waals surface area contributed by atoms with Gasteiger partial charge in [-0.15, -0.1) is 0 Å². The highest BCUT2D eigenvalue weighted by atomic mass is 16.6. The zero-order chi connectivity index (χ0) is 55.0. The fourth-order valence-corrected chi connectivity index (χ4v) is 9.33. The first-order valence-electron chi connectivity index (χ1n) is 32.6. The third-order valence-electron chi connectivity index (χ3n) is 14.1. The quantitative estimate of drug-likeness (QED) is 0.0261. The van der Waals surface area contributed by atoms with Crippen molar-refractivity contribution in [3.63, 3.8) is 0 Å². The molecule has 0 spiro atoms. The highest BCUT2D eigenvalue weighted by molar-refractivity contribution is 5.71. The molecule has 0 aromatic rings. The Hall–Kier alpha value is -3.41. The molecule has 76 heavy (non-hydrogen) atoms. The van der Waals surface area contributed by atoms with E-state index in [2.05, 4.69) is 106 Å². The minimum Gasteiger partial charge on any atom is -0.462 e. The molecule has 6 heteroatoms. The Balaban J connectivity index is 4.27. The normalized spacial score (nSPS) is 12.6. The molecular formula is C70H122O6. The molecule has 0 aromatic heterocycles. The number of allylic oxidation sites excluding steroid dienone is 14. The zero-order valence-electron chi connectivity index (χ0n) is 50.3. The molecule has 6 nitrogen and oxygen atoms in total. The lowest BCUT2D eigenvalue weighted by atomic mass is 10.0. The maximum atomic E-state index is 12.9. The average Bonchev–Trinajstić information content (AvgIpc) is 3.42. The monoisotopic (exact) mass is 1060 g/mol. The summed E-state index contributed by atoms with van der Waals surface area (Å²) in [6.45, 7) is 6.44. The zero-order valence-corrected chi connectivity index (χ0v) is 50.3. The van der Waals surface area contributed by atoms with Crippen LogP contribution in [0.15, 0.2) is 85.1 Å². The molecule has 0 saturated carbocycles. The molecule has 0 saturated heterocycles. The second kappa shape index (κ2) is 64.1. The summed E-state index contributed by atoms with van der Waals surface area (Å²) in [5.74, 6) is -0.881. The van der Waals surface area contributed by atoms with Crippen molar-refractivity contribution in [2.24, 2.45) is 0 Å². The molecule has 0 aliphatic rings. The summed E-state index contributed by atoms with van der Waals surface area (Å²) in [6, 6.07) is 0. The van der Waals surface area contributed by atoms with Gasteiger partial charge in [-0.1, -0.05) is 298 Å². The number of rotatable bonds is 59. The van der Waals surface area contributed by atoms with E-state index in [0.29, 0.717) is 19.3 Å². The Kier molecular flexibility index (Phi) is 61.2. The number of esters is 3. The van der Waals surface area contributed by atoms with Crippen molar-refractivity contribution in [2.45, 2.75) is 329 Å². The van der Waals surface area contributed by atoms with Gasteiger partial charge < -0.3 is 14.2 Å². The topological polar surface area (TPSA) is 78.9 Å². The summed E-state index contributed by atoms with van der Waals surface area (Å²) in [4.78, 5) is 38.3. The predicted octanol–water partition coefficient (Wildman–Crippen LogP) is 22.3. The van der Waals surface area contributed by atoms with E-state index in [4.69, 9.17) is 14.2 Å². The minimum atomic E-state index is -0.782. The Bertz CT molecular complexity index is 1450. The van der Waals surface area contributed by atoms with E-state index < -0.39 is 6.10 Å². The lowest BCUT2D eigenvalue weighted by molar-refractivity contribution is -0.167. The average molecular weight is 1060 g/mol. The second-order valence-electron chi connectivity index (χ2n) is 21.6. The van der Waals surface area contributed by atoms with Crippen LogP contribution in [0.5, 0.6) is 0 Å². The van der Waals surface area contributed by atoms with Crippen LogP contribution in [0.1, 0.15) is 323 Å². The van der Waals surface area contributed by atoms with E-state index in [1.165, 1.54) is 161 Å². The van der Waals surface area contributed by atoms with Crippen molar-refractivity contribution in [1.82, 2.24) is 0 Å². The largest absolute Gasteiger partial charge is 0.462 e. The first-order valence-corrected chi connectivity index (χ1v) is 32.6. The van der Waals surface area contributed by atoms with Crippen LogP contribution in [-0.4, -0.2) is 37.2 Å². The minimum absolute atomic E-state index is 0.0788. The van der Waals surface area contributed by atoms with Crippen molar-refractivity contribution >= 4 is 17.9 Å². The summed E-state index contributed by atoms with van der Waals surface area (Å²) < 4.78 is 16.9. The van der Waals surface area contributed by atoms with Gasteiger partial charge in [-0.3, -0.25) is 14.4 Å². The van der Waals surface area contributed by atoms with E-state index in [-0.39, 0.29) is 31.1 Å². The van der Waals surface area contributed by atoms with Crippen LogP contribution in [0.4, 0.5) is 0 Å². The standard InChI is InChI=1S/C70H122O6/c1-4-7-10-13-16-19-22-25-28-30-31-32-33-34-35-36-37-38-39-40-43-45-48-51-54-57-60-63-69(72)75-66-67(65-74-68(71)62-59-56-53-50-47-44-41-27-24-21-18-15-12-9-6-3)76-70(73)64-61-58-55-52-49-46-42-29-26-23-20-17-14-11-8-5-2/h7,9-10,12,16,18-19,21,25,27-28,31-32,41,67H,4-6,8,11,13-15,17,20,22-24,26,29-30,33-40,42-66H2,1-3H3/b10-7-,12-9-,19-16-,21-18-,28-25-,32-31-,41-27-. The highest BCUT2D eigenvalue weighted by Gasteiger charge is 2.19. The number of hydrogen-bond acceptors (Lipinski definition) is 6. The number of unbranched alkanes of at least 4 members (excludes halogenated alkanes) is 34. The van der Waals surface area contributed by atoms with Gasteiger partial charge in [0.25, 0.3) is 0 Å². The molecular weight excluding hydrogens is 937 g/mol. The second-order valence-corrected chi connectivity index (χ2v) is 21.6. The Morgan fingerprint density at radius 2 is 0.513 bits per heavy atom. The van der Waals surface area contributed by atoms with Crippen molar-refractivity contribution in [3.8, 4) is 0 Å². The molecule has 0 aromatic carbocycles. The third-order valence-corrected chi connectivity index (χ3v) is 14.1. The molecule has 1 unspecified atom stereocenters. The summed E-state index contributed by atoms with van der Waals surface area (Å²) in [5, 5.41) is 0. The summed E-state index contributed by atoms with van der Waals surface area (Å²) in [6.07, 6.45) is 84.5. The molecule has 0 rings (SSSR count). The molecule has 0 bridgehead atoms. The predicted molar refractivity (Wildman–Crippen MR) is 330 cm³/mol. The van der Waals surface area contributed by atoms with Gasteiger partial charge in [0, 0.05) is 19.3 Å². The molecule has 438 valence electrons. The lowest BCUT2D eigenvalue weighted by Crippen LogP contribution is -2.30. The van der Waals surface area contributed by atoms with Gasteiger partial charge in [-0.2, -0.15) is 0 Å². The van der Waals surface area contributed by atoms with Crippen LogP contribution in [0.2, 0.25) is 0 Å². The van der Waals surface area contributed by atoms with Crippen LogP contribution in [0, 0.1) is 0 Å². The van der Waals surface area contributed by atoms with Crippen LogP contribution in [0.3, 0.4) is 0 Å². The SMILES string of the molecule is CC/C=C\C/C=C\C/C=C\C/C=C\CCCCCCCCCCCCCCCCC(=O)OCC(COC(=O)CCCCCCC/C=C\C/C=C\C/C=C\CC)OC(=O)CCCCCCCCCCCCCCCCCC. The van der Waals surface area contributed by atoms with E-state index in [1.807, 2.05) is 0 Å². The number of carbonyl (C=O) groups is 3. The van der Waals surface area contributed by atoms with E-state index in [9.17, 15) is 14.4 Å². The fourth-order valence-electron chi connectivity index (χ4n) is 9.33. The van der Waals surface area contributed by atoms with E-state index in [0.717, 1.165) is 122 Å². The van der Waals surface area contributed by atoms with Gasteiger partial charge in [-0.05, 0) is 89.9 Å². The van der Waals surface area contributed by atoms with E-state index >= 15 is 0 Å². The smallest absolute Gasteiger partial charge is 0.306 e. The highest BCUT2D eigenvalue weighted by Crippen LogP contribution is 2.17. The van der Waals surface area contributed by atoms with Crippen LogP contribution < -0.4 is 0 Å². The van der Waals surface area contributed by atoms with Gasteiger partial charge in [0.1, 0.15) is 13.2 Å². The number of carbonyl (C=O) groups excluding carboxylic acids is 3. The van der Waals surface area contributed by atoms with Crippen molar-refractivity contribution in [3.05, 3.63) is 85.1 Å². The van der Waals surface area contributed by atoms with Crippen molar-refractivity contribution in [2.75, 3.05) is 13.2 Å². The molecule has 0 fully saturated rings. The Labute approximate surface area is 471 Å². The van der Waals surface area contributed by atoms with Gasteiger partial charge in [0.05, 0.1) is 0 Å². The Morgan fingerprint density at radius 3 is 0.803 bits per heavy atom. The maximum absolute atomic E-state index is 12.9. The molecule has 1 atom stereocenters. The first kappa shape index (κ1) is 72.6. The lowest BCUT2D eigenvalue weighted by Gasteiger charge is -2.18. The van der Waals surface area contributed by atoms with Gasteiger partial charge >= 0.3 is 17.9 Å². The number of ether oxygens (including phenoxy) is 3. The van der Waals surface area contributed by atoms with Crippen molar-refractivity contribution < 1.29 is 28.6 Å². The Morgan fingerprint density at radius 1 is 0.276 bits per heavy atom. The van der Waals surface area contributed by atoms with Crippen LogP contribution in [-0.2, 0) is 28.6 Å². The summed E-state index contributed by atoms with van der Waals surface area (Å²) in [7, 11) is 0. The summed E-state index contributed by atoms with van der Waals surface area (Å²) >= 11 is 0. The molecule has 0 amide bonds. The van der Waals surface area contributed by atoms with E-state index in [1.54, 1.807) is 0 Å². The van der Waals surface area contributed by atoms with Crippen LogP contribution >= 0.6 is 0 Å².